The van der Waals surface area contributed by atoms with Gasteiger partial charge < -0.3 is 5.32 Å². The quantitative estimate of drug-likeness (QED) is 0.742. The van der Waals surface area contributed by atoms with E-state index in [1.54, 1.807) is 18.5 Å². The van der Waals surface area contributed by atoms with Gasteiger partial charge in [0, 0.05) is 43.9 Å². The van der Waals surface area contributed by atoms with Crippen molar-refractivity contribution >= 4 is 15.7 Å². The van der Waals surface area contributed by atoms with Crippen molar-refractivity contribution in [3.05, 3.63) is 24.3 Å². The van der Waals surface area contributed by atoms with Crippen LogP contribution in [0, 0.1) is 0 Å². The number of nitrogens with one attached hydrogen (secondary N) is 1. The Hall–Kier alpha value is -1.31. The van der Waals surface area contributed by atoms with Gasteiger partial charge in [0.1, 0.15) is 5.82 Å². The molecule has 2 heterocycles. The summed E-state index contributed by atoms with van der Waals surface area (Å²) in [4.78, 5) is 10.8. The molecule has 1 atom stereocenters. The Labute approximate surface area is 108 Å². The summed E-state index contributed by atoms with van der Waals surface area (Å²) in [7, 11) is -2.07. The van der Waals surface area contributed by atoms with Gasteiger partial charge in [-0.1, -0.05) is 0 Å². The van der Waals surface area contributed by atoms with Crippen LogP contribution in [0.3, 0.4) is 0 Å². The molecule has 1 aromatic heterocycles. The van der Waals surface area contributed by atoms with Gasteiger partial charge in [0.2, 0.25) is 10.3 Å². The maximum Gasteiger partial charge on any atom is 0.209 e. The Morgan fingerprint density at radius 2 is 2.22 bits per heavy atom. The summed E-state index contributed by atoms with van der Waals surface area (Å²) in [5.41, 5.74) is 0. The molecule has 2 rings (SSSR count). The second kappa shape index (κ2) is 6.58. The Kier molecular flexibility index (Phi) is 4.80. The van der Waals surface area contributed by atoms with E-state index in [9.17, 15) is 8.42 Å². The third-order valence-corrected chi connectivity index (χ3v) is 3.42. The van der Waals surface area contributed by atoms with E-state index in [0.717, 1.165) is 25.5 Å². The first kappa shape index (κ1) is 13.1. The average Bonchev–Trinajstić information content (AvgIpc) is 2.40. The predicted molar refractivity (Wildman–Crippen MR) is 68.8 cm³/mol. The van der Waals surface area contributed by atoms with Crippen molar-refractivity contribution in [2.75, 3.05) is 26.2 Å². The molecule has 0 amide bonds. The highest BCUT2D eigenvalue weighted by molar-refractivity contribution is 7.71. The molecule has 0 aromatic carbocycles. The number of rotatable bonds is 4. The Morgan fingerprint density at radius 1 is 1.44 bits per heavy atom. The molecule has 1 aromatic rings. The van der Waals surface area contributed by atoms with Crippen LogP contribution < -0.4 is 5.32 Å². The summed E-state index contributed by atoms with van der Waals surface area (Å²) in [5, 5.41) is 4.61. The van der Waals surface area contributed by atoms with Crippen molar-refractivity contribution in [2.45, 2.75) is 12.5 Å². The standard InChI is InChI=1S/C11H16N4O2S/c16-18(17)8-2-6-15-7-5-12-9-10(15)11-13-3-1-4-14-11/h1,3-4,8,10,12H,2,5-7,9H2. The SMILES string of the molecule is O=S(=O)=CCCN1CCNCC1c1ncccn1. The molecule has 18 heavy (non-hydrogen) atoms. The summed E-state index contributed by atoms with van der Waals surface area (Å²) >= 11 is 0. The molecule has 1 aliphatic rings. The van der Waals surface area contributed by atoms with Crippen molar-refractivity contribution in [1.29, 1.82) is 0 Å². The molecule has 98 valence electrons. The number of hydrogen-bond donors (Lipinski definition) is 1. The monoisotopic (exact) mass is 268 g/mol. The normalized spacial score (nSPS) is 20.6. The predicted octanol–water partition coefficient (Wildman–Crippen LogP) is -0.506. The van der Waals surface area contributed by atoms with E-state index < -0.39 is 10.3 Å². The molecule has 1 N–H and O–H groups in total. The molecule has 1 aliphatic heterocycles. The molecule has 1 fully saturated rings. The van der Waals surface area contributed by atoms with Crippen molar-refractivity contribution in [1.82, 2.24) is 20.2 Å². The molecule has 0 saturated carbocycles. The Balaban J connectivity index is 2.04. The van der Waals surface area contributed by atoms with Gasteiger partial charge in [-0.25, -0.2) is 9.97 Å². The Bertz CT molecular complexity index is 495. The maximum absolute atomic E-state index is 10.5. The van der Waals surface area contributed by atoms with Gasteiger partial charge in [-0.15, -0.1) is 0 Å². The largest absolute Gasteiger partial charge is 0.313 e. The second-order valence-corrected chi connectivity index (χ2v) is 4.93. The molecular weight excluding hydrogens is 252 g/mol. The fourth-order valence-electron chi connectivity index (χ4n) is 2.07. The van der Waals surface area contributed by atoms with Crippen molar-refractivity contribution in [2.24, 2.45) is 0 Å². The van der Waals surface area contributed by atoms with Crippen LogP contribution in [0.2, 0.25) is 0 Å². The van der Waals surface area contributed by atoms with E-state index in [2.05, 4.69) is 20.2 Å². The highest BCUT2D eigenvalue weighted by Crippen LogP contribution is 2.17. The van der Waals surface area contributed by atoms with Crippen LogP contribution in [-0.2, 0) is 10.3 Å². The van der Waals surface area contributed by atoms with E-state index in [4.69, 9.17) is 0 Å². The smallest absolute Gasteiger partial charge is 0.209 e. The fourth-order valence-corrected chi connectivity index (χ4v) is 2.36. The summed E-state index contributed by atoms with van der Waals surface area (Å²) in [5.74, 6) is 0.785. The van der Waals surface area contributed by atoms with Gasteiger partial charge in [-0.3, -0.25) is 4.90 Å². The van der Waals surface area contributed by atoms with E-state index in [0.29, 0.717) is 13.0 Å². The van der Waals surface area contributed by atoms with Gasteiger partial charge in [0.05, 0.1) is 6.04 Å². The summed E-state index contributed by atoms with van der Waals surface area (Å²) in [6.45, 7) is 3.29. The first-order valence-electron chi connectivity index (χ1n) is 5.90. The molecule has 1 saturated heterocycles. The molecule has 0 spiro atoms. The zero-order valence-electron chi connectivity index (χ0n) is 9.99. The van der Waals surface area contributed by atoms with Crippen LogP contribution in [0.25, 0.3) is 0 Å². The average molecular weight is 268 g/mol. The minimum absolute atomic E-state index is 0.119. The van der Waals surface area contributed by atoms with Gasteiger partial charge in [0.25, 0.3) is 0 Å². The van der Waals surface area contributed by atoms with Gasteiger partial charge in [0.15, 0.2) is 0 Å². The fraction of sp³-hybridized carbons (Fsp3) is 0.545. The van der Waals surface area contributed by atoms with Crippen molar-refractivity contribution < 1.29 is 8.42 Å². The third kappa shape index (κ3) is 3.59. The van der Waals surface area contributed by atoms with E-state index >= 15 is 0 Å². The van der Waals surface area contributed by atoms with Crippen LogP contribution in [-0.4, -0.2) is 54.8 Å². The summed E-state index contributed by atoms with van der Waals surface area (Å²) in [6, 6.07) is 1.91. The topological polar surface area (TPSA) is 75.2 Å². The first-order chi connectivity index (χ1) is 8.77. The van der Waals surface area contributed by atoms with Gasteiger partial charge in [-0.2, -0.15) is 8.42 Å². The molecule has 6 nitrogen and oxygen atoms in total. The lowest BCUT2D eigenvalue weighted by atomic mass is 10.1. The van der Waals surface area contributed by atoms with Crippen LogP contribution in [0.15, 0.2) is 18.5 Å². The molecule has 7 heteroatoms. The van der Waals surface area contributed by atoms with E-state index in [1.807, 2.05) is 0 Å². The minimum Gasteiger partial charge on any atom is -0.313 e. The lowest BCUT2D eigenvalue weighted by Gasteiger charge is -2.34. The number of aromatic nitrogens is 2. The van der Waals surface area contributed by atoms with E-state index in [-0.39, 0.29) is 6.04 Å². The summed E-state index contributed by atoms with van der Waals surface area (Å²) < 4.78 is 21.0. The van der Waals surface area contributed by atoms with Crippen LogP contribution in [0.4, 0.5) is 0 Å². The van der Waals surface area contributed by atoms with Crippen LogP contribution >= 0.6 is 0 Å². The maximum atomic E-state index is 10.5. The third-order valence-electron chi connectivity index (χ3n) is 2.91. The minimum atomic E-state index is -2.07. The highest BCUT2D eigenvalue weighted by Gasteiger charge is 2.24. The van der Waals surface area contributed by atoms with Gasteiger partial charge >= 0.3 is 0 Å². The molecule has 0 radical (unpaired) electrons. The number of nitrogens with zero attached hydrogens (tertiary/aromatic N) is 3. The number of piperazine rings is 1. The number of hydrogen-bond acceptors (Lipinski definition) is 6. The zero-order chi connectivity index (χ0) is 12.8. The van der Waals surface area contributed by atoms with Crippen molar-refractivity contribution in [3.8, 4) is 0 Å². The molecular formula is C11H16N4O2S. The highest BCUT2D eigenvalue weighted by atomic mass is 32.2. The lowest BCUT2D eigenvalue weighted by Crippen LogP contribution is -2.46. The Morgan fingerprint density at radius 3 is 2.94 bits per heavy atom. The molecule has 0 bridgehead atoms. The van der Waals surface area contributed by atoms with Crippen LogP contribution in [0.1, 0.15) is 18.3 Å². The van der Waals surface area contributed by atoms with Gasteiger partial charge in [-0.05, 0) is 12.5 Å². The van der Waals surface area contributed by atoms with Crippen LogP contribution in [0.5, 0.6) is 0 Å². The summed E-state index contributed by atoms with van der Waals surface area (Å²) in [6.07, 6.45) is 3.99. The zero-order valence-corrected chi connectivity index (χ0v) is 10.8. The molecule has 0 aliphatic carbocycles. The second-order valence-electron chi connectivity index (χ2n) is 4.08. The van der Waals surface area contributed by atoms with Crippen molar-refractivity contribution in [3.63, 3.8) is 0 Å². The van der Waals surface area contributed by atoms with E-state index in [1.165, 1.54) is 5.37 Å². The first-order valence-corrected chi connectivity index (χ1v) is 7.04. The lowest BCUT2D eigenvalue weighted by molar-refractivity contribution is 0.160. The molecule has 1 unspecified atom stereocenters.